The normalized spacial score (nSPS) is 25.9. The first-order valence-corrected chi connectivity index (χ1v) is 43.7. The molecule has 0 aromatic heterocycles. The minimum absolute atomic E-state index is 0.244. The molecule has 0 saturated carbocycles. The molecule has 0 spiro atoms. The van der Waals surface area contributed by atoms with Gasteiger partial charge in [0, 0.05) is 6.42 Å². The van der Waals surface area contributed by atoms with E-state index in [1.54, 1.807) is 6.08 Å². The first-order chi connectivity index (χ1) is 52.3. The van der Waals surface area contributed by atoms with E-state index in [2.05, 4.69) is 79.9 Å². The van der Waals surface area contributed by atoms with Crippen LogP contribution in [0.15, 0.2) is 72.9 Å². The molecule has 1 amide bonds. The molecule has 3 fully saturated rings. The van der Waals surface area contributed by atoms with Crippen molar-refractivity contribution < 1.29 is 89.4 Å². The molecule has 3 rings (SSSR count). The molecule has 0 aromatic carbocycles. The molecule has 0 aliphatic carbocycles. The van der Waals surface area contributed by atoms with Crippen molar-refractivity contribution in [1.82, 2.24) is 5.32 Å². The van der Waals surface area contributed by atoms with Gasteiger partial charge >= 0.3 is 0 Å². The van der Waals surface area contributed by atoms with Crippen molar-refractivity contribution in [3.05, 3.63) is 72.9 Å². The van der Waals surface area contributed by atoms with Gasteiger partial charge in [-0.1, -0.05) is 350 Å². The fraction of sp³-hybridized carbons (Fsp3) is 0.852. The van der Waals surface area contributed by atoms with Crippen molar-refractivity contribution in [2.24, 2.45) is 0 Å². The topological polar surface area (TPSA) is 307 Å². The van der Waals surface area contributed by atoms with Crippen LogP contribution in [0.2, 0.25) is 0 Å². The largest absolute Gasteiger partial charge is 0.394 e. The predicted octanol–water partition coefficient (Wildman–Crippen LogP) is 16.0. The number of unbranched alkanes of at least 4 members (excludes halogenated alkanes) is 44. The Labute approximate surface area is 648 Å². The van der Waals surface area contributed by atoms with Gasteiger partial charge in [-0.25, -0.2) is 0 Å². The van der Waals surface area contributed by atoms with Crippen molar-refractivity contribution in [1.29, 1.82) is 0 Å². The lowest BCUT2D eigenvalue weighted by Crippen LogP contribution is -2.66. The zero-order valence-corrected chi connectivity index (χ0v) is 67.1. The summed E-state index contributed by atoms with van der Waals surface area (Å²) in [6.07, 6.45) is 63.2. The third-order valence-corrected chi connectivity index (χ3v) is 21.5. The van der Waals surface area contributed by atoms with Gasteiger partial charge in [0.2, 0.25) is 5.91 Å². The molecule has 107 heavy (non-hydrogen) atoms. The number of allylic oxidation sites excluding steroid dienone is 11. The number of hydrogen-bond donors (Lipinski definition) is 12. The Bertz CT molecular complexity index is 2210. The molecule has 3 heterocycles. The van der Waals surface area contributed by atoms with Crippen LogP contribution in [0.5, 0.6) is 0 Å². The molecule has 0 bridgehead atoms. The van der Waals surface area contributed by atoms with Crippen LogP contribution < -0.4 is 5.32 Å². The van der Waals surface area contributed by atoms with E-state index in [0.717, 1.165) is 77.0 Å². The maximum absolute atomic E-state index is 13.5. The van der Waals surface area contributed by atoms with Crippen LogP contribution in [0.3, 0.4) is 0 Å². The molecule has 3 aliphatic heterocycles. The molecular weight excluding hydrogens is 1360 g/mol. The van der Waals surface area contributed by atoms with E-state index in [9.17, 15) is 61.0 Å². The molecule has 3 aliphatic rings. The van der Waals surface area contributed by atoms with E-state index in [-0.39, 0.29) is 18.9 Å². The molecule has 19 nitrogen and oxygen atoms in total. The highest BCUT2D eigenvalue weighted by Crippen LogP contribution is 2.33. The summed E-state index contributed by atoms with van der Waals surface area (Å²) in [6.45, 7) is 1.67. The van der Waals surface area contributed by atoms with Crippen molar-refractivity contribution >= 4 is 5.91 Å². The van der Waals surface area contributed by atoms with Crippen LogP contribution in [-0.2, 0) is 33.2 Å². The monoisotopic (exact) mass is 1520 g/mol. The minimum Gasteiger partial charge on any atom is -0.394 e. The molecule has 0 radical (unpaired) electrons. The van der Waals surface area contributed by atoms with Gasteiger partial charge in [-0.05, 0) is 64.2 Å². The van der Waals surface area contributed by atoms with Crippen LogP contribution >= 0.6 is 0 Å². The summed E-state index contributed by atoms with van der Waals surface area (Å²) in [4.78, 5) is 13.5. The third kappa shape index (κ3) is 46.9. The second kappa shape index (κ2) is 67.7. The Morgan fingerprint density at radius 2 is 0.645 bits per heavy atom. The summed E-state index contributed by atoms with van der Waals surface area (Å²) >= 11 is 0. The Hall–Kier alpha value is -2.77. The fourth-order valence-electron chi connectivity index (χ4n) is 14.6. The summed E-state index contributed by atoms with van der Waals surface area (Å²) < 4.78 is 34.5. The highest BCUT2D eigenvalue weighted by atomic mass is 16.8. The third-order valence-electron chi connectivity index (χ3n) is 21.5. The van der Waals surface area contributed by atoms with Crippen molar-refractivity contribution in [2.75, 3.05) is 26.4 Å². The standard InChI is InChI=1S/C88H159NO18/c1-3-5-7-9-11-13-15-17-19-21-23-25-27-29-31-32-33-34-35-36-37-38-40-42-44-46-48-50-52-54-56-58-60-62-64-66-76(94)89-71(72(93)65-63-61-59-57-55-53-51-49-47-45-43-41-39-30-28-26-24-22-20-18-16-14-12-10-8-6-4-2)70-102-86-82(100)79(97)84(74(68-91)104-86)107-88-83(101)80(98)85(75(69-92)105-88)106-87-81(99)78(96)77(95)73(67-90)103-87/h5,7,11,13,17,19,23,25,29,31,63,65,71-75,77-88,90-93,95-101H,3-4,6,8-10,12,14-16,18,20-22,24,26-28,30,32-62,64,66-70H2,1-2H3,(H,89,94)/b7-5-,13-11-,19-17-,25-23-,31-29-,65-63+. The molecule has 624 valence electrons. The van der Waals surface area contributed by atoms with Crippen LogP contribution in [0.1, 0.15) is 348 Å². The summed E-state index contributed by atoms with van der Waals surface area (Å²) in [5.74, 6) is -0.271. The minimum atomic E-state index is -1.98. The SMILES string of the molecule is CC/C=C\C/C=C\C/C=C\C/C=C\C/C=C\CCCCCCCCCCCCCCCCCCCCCC(=O)NC(COC1OC(CO)C(OC2OC(CO)C(OC3OC(CO)C(O)C(O)C3O)C(O)C2O)C(O)C1O)C(O)/C=C/CCCCCCCCCCCCCCCCCCCCCCCCCCC. The maximum atomic E-state index is 13.5. The van der Waals surface area contributed by atoms with Crippen LogP contribution in [0, 0.1) is 0 Å². The van der Waals surface area contributed by atoms with E-state index >= 15 is 0 Å². The predicted molar refractivity (Wildman–Crippen MR) is 429 cm³/mol. The summed E-state index contributed by atoms with van der Waals surface area (Å²) in [7, 11) is 0. The number of carbonyl (C=O) groups is 1. The van der Waals surface area contributed by atoms with Crippen LogP contribution in [0.4, 0.5) is 0 Å². The van der Waals surface area contributed by atoms with Gasteiger partial charge < -0.3 is 89.9 Å². The number of amides is 1. The number of hydrogen-bond acceptors (Lipinski definition) is 18. The lowest BCUT2D eigenvalue weighted by molar-refractivity contribution is -0.379. The number of ether oxygens (including phenoxy) is 6. The second-order valence-electron chi connectivity index (χ2n) is 31.0. The number of nitrogens with one attached hydrogen (secondary N) is 1. The second-order valence-corrected chi connectivity index (χ2v) is 31.0. The summed E-state index contributed by atoms with van der Waals surface area (Å²) in [5, 5.41) is 121. The first-order valence-electron chi connectivity index (χ1n) is 43.7. The Balaban J connectivity index is 1.34. The number of aliphatic hydroxyl groups is 11. The smallest absolute Gasteiger partial charge is 0.220 e. The highest BCUT2D eigenvalue weighted by molar-refractivity contribution is 5.76. The lowest BCUT2D eigenvalue weighted by Gasteiger charge is -2.48. The van der Waals surface area contributed by atoms with Gasteiger partial charge in [0.05, 0.1) is 38.6 Å². The van der Waals surface area contributed by atoms with E-state index in [4.69, 9.17) is 28.4 Å². The number of rotatable bonds is 70. The zero-order valence-electron chi connectivity index (χ0n) is 67.1. The van der Waals surface area contributed by atoms with Crippen molar-refractivity contribution in [3.63, 3.8) is 0 Å². The Morgan fingerprint density at radius 1 is 0.346 bits per heavy atom. The van der Waals surface area contributed by atoms with Crippen molar-refractivity contribution in [3.8, 4) is 0 Å². The summed E-state index contributed by atoms with van der Waals surface area (Å²) in [6, 6.07) is -0.976. The molecule has 17 unspecified atom stereocenters. The van der Waals surface area contributed by atoms with Crippen LogP contribution in [-0.4, -0.2) is 193 Å². The van der Waals surface area contributed by atoms with Gasteiger partial charge in [0.1, 0.15) is 73.2 Å². The van der Waals surface area contributed by atoms with Gasteiger partial charge in [0.25, 0.3) is 0 Å². The Morgan fingerprint density at radius 3 is 1.01 bits per heavy atom. The average Bonchev–Trinajstić information content (AvgIpc) is 0.781. The Kier molecular flexibility index (Phi) is 62.3. The molecular formula is C88H159NO18. The van der Waals surface area contributed by atoms with E-state index < -0.39 is 124 Å². The van der Waals surface area contributed by atoms with Gasteiger partial charge in [-0.2, -0.15) is 0 Å². The molecule has 0 aromatic rings. The number of carbonyl (C=O) groups excluding carboxylic acids is 1. The highest BCUT2D eigenvalue weighted by Gasteiger charge is 2.54. The molecule has 19 heteroatoms. The molecule has 17 atom stereocenters. The number of aliphatic hydroxyl groups excluding tert-OH is 11. The van der Waals surface area contributed by atoms with E-state index in [0.29, 0.717) is 6.42 Å². The van der Waals surface area contributed by atoms with Crippen molar-refractivity contribution in [2.45, 2.75) is 452 Å². The summed E-state index contributed by atoms with van der Waals surface area (Å²) in [5.41, 5.74) is 0. The van der Waals surface area contributed by atoms with Crippen LogP contribution in [0.25, 0.3) is 0 Å². The fourth-order valence-corrected chi connectivity index (χ4v) is 14.6. The average molecular weight is 1520 g/mol. The van der Waals surface area contributed by atoms with Gasteiger partial charge in [0.15, 0.2) is 18.9 Å². The lowest BCUT2D eigenvalue weighted by atomic mass is 9.96. The van der Waals surface area contributed by atoms with E-state index in [1.165, 1.54) is 244 Å². The quantitative estimate of drug-likeness (QED) is 0.0199. The van der Waals surface area contributed by atoms with Gasteiger partial charge in [-0.15, -0.1) is 0 Å². The molecule has 3 saturated heterocycles. The maximum Gasteiger partial charge on any atom is 0.220 e. The molecule has 12 N–H and O–H groups in total. The van der Waals surface area contributed by atoms with E-state index in [1.807, 2.05) is 6.08 Å². The zero-order chi connectivity index (χ0) is 77.4. The first kappa shape index (κ1) is 98.4. The van der Waals surface area contributed by atoms with Gasteiger partial charge in [-0.3, -0.25) is 4.79 Å².